The summed E-state index contributed by atoms with van der Waals surface area (Å²) in [5.74, 6) is 0.850. The molecule has 0 saturated heterocycles. The molecule has 4 aromatic rings. The molecule has 3 nitrogen and oxygen atoms in total. The predicted octanol–water partition coefficient (Wildman–Crippen LogP) is 6.23. The highest BCUT2D eigenvalue weighted by molar-refractivity contribution is 7.21. The molecule has 5 heteroatoms. The molecule has 0 atom stereocenters. The number of benzene rings is 2. The third-order valence-corrected chi connectivity index (χ3v) is 6.15. The summed E-state index contributed by atoms with van der Waals surface area (Å²) in [6.07, 6.45) is 0. The molecule has 130 valence electrons. The summed E-state index contributed by atoms with van der Waals surface area (Å²) in [6, 6.07) is 16.5. The molecular weight excluding hydrogens is 360 g/mol. The van der Waals surface area contributed by atoms with E-state index >= 15 is 0 Å². The van der Waals surface area contributed by atoms with E-state index in [2.05, 4.69) is 43.5 Å². The zero-order valence-corrected chi connectivity index (χ0v) is 16.4. The Balaban J connectivity index is 1.65. The fourth-order valence-corrected chi connectivity index (χ4v) is 4.53. The molecule has 26 heavy (non-hydrogen) atoms. The average Bonchev–Trinajstić information content (AvgIpc) is 3.29. The van der Waals surface area contributed by atoms with Gasteiger partial charge in [-0.2, -0.15) is 0 Å². The van der Waals surface area contributed by atoms with E-state index in [1.54, 1.807) is 29.8 Å². The summed E-state index contributed by atoms with van der Waals surface area (Å²) in [6.45, 7) is 4.22. The van der Waals surface area contributed by atoms with Gasteiger partial charge in [0.2, 0.25) is 0 Å². The Bertz CT molecular complexity index is 1030. The average molecular weight is 379 g/mol. The van der Waals surface area contributed by atoms with Gasteiger partial charge in [-0.1, -0.05) is 29.8 Å². The molecule has 0 radical (unpaired) electrons. The number of thiazole rings is 2. The monoisotopic (exact) mass is 378 g/mol. The minimum Gasteiger partial charge on any atom is -0.497 e. The predicted molar refractivity (Wildman–Crippen MR) is 110 cm³/mol. The molecular formula is C21H18N2OS2. The lowest BCUT2D eigenvalue weighted by Gasteiger charge is -2.00. The summed E-state index contributed by atoms with van der Waals surface area (Å²) in [7, 11) is 1.67. The quantitative estimate of drug-likeness (QED) is 0.422. The lowest BCUT2D eigenvalue weighted by molar-refractivity contribution is 0.415. The third-order valence-electron chi connectivity index (χ3n) is 4.19. The topological polar surface area (TPSA) is 35.0 Å². The second-order valence-electron chi connectivity index (χ2n) is 6.06. The van der Waals surface area contributed by atoms with E-state index in [1.807, 2.05) is 24.3 Å². The van der Waals surface area contributed by atoms with Crippen molar-refractivity contribution < 1.29 is 4.74 Å². The first-order chi connectivity index (χ1) is 12.6. The van der Waals surface area contributed by atoms with Crippen LogP contribution in [0.2, 0.25) is 0 Å². The first-order valence-corrected chi connectivity index (χ1v) is 9.98. The van der Waals surface area contributed by atoms with Crippen LogP contribution in [-0.4, -0.2) is 17.1 Å². The van der Waals surface area contributed by atoms with E-state index in [0.717, 1.165) is 38.3 Å². The van der Waals surface area contributed by atoms with E-state index in [4.69, 9.17) is 14.7 Å². The molecule has 0 spiro atoms. The fourth-order valence-electron chi connectivity index (χ4n) is 2.73. The number of methoxy groups -OCH3 is 1. The Morgan fingerprint density at radius 2 is 1.50 bits per heavy atom. The summed E-state index contributed by atoms with van der Waals surface area (Å²) in [4.78, 5) is 10.9. The molecule has 2 aromatic carbocycles. The number of aromatic nitrogens is 2. The number of hydrogen-bond acceptors (Lipinski definition) is 5. The molecule has 0 bridgehead atoms. The zero-order chi connectivity index (χ0) is 18.1. The van der Waals surface area contributed by atoms with Crippen molar-refractivity contribution in [3.05, 3.63) is 64.4 Å². The second-order valence-corrected chi connectivity index (χ2v) is 8.12. The Morgan fingerprint density at radius 1 is 0.808 bits per heavy atom. The molecule has 0 fully saturated rings. The van der Waals surface area contributed by atoms with Crippen molar-refractivity contribution in [2.75, 3.05) is 7.11 Å². The summed E-state index contributed by atoms with van der Waals surface area (Å²) < 4.78 is 5.22. The Hall–Kier alpha value is -2.50. The highest BCUT2D eigenvalue weighted by Crippen LogP contribution is 2.36. The van der Waals surface area contributed by atoms with Crippen molar-refractivity contribution in [1.29, 1.82) is 0 Å². The zero-order valence-electron chi connectivity index (χ0n) is 14.8. The van der Waals surface area contributed by atoms with Crippen molar-refractivity contribution >= 4 is 22.7 Å². The van der Waals surface area contributed by atoms with Crippen molar-refractivity contribution in [3.8, 4) is 38.3 Å². The van der Waals surface area contributed by atoms with E-state index in [1.165, 1.54) is 10.4 Å². The van der Waals surface area contributed by atoms with Crippen LogP contribution in [-0.2, 0) is 0 Å². The first kappa shape index (κ1) is 16.9. The van der Waals surface area contributed by atoms with E-state index in [9.17, 15) is 0 Å². The Labute approximate surface area is 161 Å². The van der Waals surface area contributed by atoms with Crippen LogP contribution < -0.4 is 4.74 Å². The second kappa shape index (κ2) is 7.02. The largest absolute Gasteiger partial charge is 0.497 e. The van der Waals surface area contributed by atoms with Gasteiger partial charge in [0.1, 0.15) is 5.75 Å². The number of hydrogen-bond donors (Lipinski definition) is 0. The minimum atomic E-state index is 0.850. The molecule has 0 aliphatic heterocycles. The Morgan fingerprint density at radius 3 is 2.19 bits per heavy atom. The number of rotatable bonds is 4. The van der Waals surface area contributed by atoms with Gasteiger partial charge in [0.15, 0.2) is 10.0 Å². The summed E-state index contributed by atoms with van der Waals surface area (Å²) in [5, 5.41) is 4.02. The van der Waals surface area contributed by atoms with Gasteiger partial charge in [-0.05, 0) is 38.1 Å². The van der Waals surface area contributed by atoms with Crippen LogP contribution in [0.25, 0.3) is 32.5 Å². The molecule has 0 N–H and O–H groups in total. The van der Waals surface area contributed by atoms with Crippen LogP contribution in [0.1, 0.15) is 10.4 Å². The molecule has 4 rings (SSSR count). The maximum atomic E-state index is 5.22. The van der Waals surface area contributed by atoms with Gasteiger partial charge in [0.05, 0.1) is 18.5 Å². The van der Waals surface area contributed by atoms with Gasteiger partial charge in [-0.15, -0.1) is 22.7 Å². The molecule has 0 aliphatic rings. The Kier molecular flexibility index (Phi) is 4.57. The molecule has 0 unspecified atom stereocenters. The van der Waals surface area contributed by atoms with E-state index in [-0.39, 0.29) is 0 Å². The smallest absolute Gasteiger partial charge is 0.153 e. The first-order valence-electron chi connectivity index (χ1n) is 8.29. The lowest BCUT2D eigenvalue weighted by atomic mass is 10.1. The molecule has 0 saturated carbocycles. The normalized spacial score (nSPS) is 10.9. The van der Waals surface area contributed by atoms with Crippen LogP contribution in [0, 0.1) is 13.8 Å². The number of aryl methyl sites for hydroxylation is 2. The van der Waals surface area contributed by atoms with Crippen molar-refractivity contribution in [3.63, 3.8) is 0 Å². The highest BCUT2D eigenvalue weighted by Gasteiger charge is 2.14. The van der Waals surface area contributed by atoms with Crippen LogP contribution in [0.4, 0.5) is 0 Å². The highest BCUT2D eigenvalue weighted by atomic mass is 32.1. The molecule has 0 amide bonds. The third kappa shape index (κ3) is 3.28. The van der Waals surface area contributed by atoms with Crippen LogP contribution in [0.15, 0.2) is 53.9 Å². The minimum absolute atomic E-state index is 0.850. The van der Waals surface area contributed by atoms with Crippen LogP contribution in [0.5, 0.6) is 5.75 Å². The molecule has 2 heterocycles. The number of ether oxygens (including phenoxy) is 1. The van der Waals surface area contributed by atoms with Gasteiger partial charge in [-0.3, -0.25) is 0 Å². The van der Waals surface area contributed by atoms with Gasteiger partial charge in [0.25, 0.3) is 0 Å². The van der Waals surface area contributed by atoms with Crippen molar-refractivity contribution in [1.82, 2.24) is 9.97 Å². The van der Waals surface area contributed by atoms with Crippen molar-refractivity contribution in [2.45, 2.75) is 13.8 Å². The van der Waals surface area contributed by atoms with Gasteiger partial charge >= 0.3 is 0 Å². The van der Waals surface area contributed by atoms with Crippen LogP contribution in [0.3, 0.4) is 0 Å². The van der Waals surface area contributed by atoms with E-state index in [0.29, 0.717) is 0 Å². The molecule has 0 aliphatic carbocycles. The van der Waals surface area contributed by atoms with Crippen LogP contribution >= 0.6 is 22.7 Å². The maximum Gasteiger partial charge on any atom is 0.153 e. The van der Waals surface area contributed by atoms with Gasteiger partial charge < -0.3 is 4.74 Å². The maximum absolute atomic E-state index is 5.22. The molecule has 2 aromatic heterocycles. The summed E-state index contributed by atoms with van der Waals surface area (Å²) in [5.41, 5.74) is 5.51. The van der Waals surface area contributed by atoms with Gasteiger partial charge in [-0.25, -0.2) is 9.97 Å². The number of nitrogens with zero attached hydrogens (tertiary/aromatic N) is 2. The lowest BCUT2D eigenvalue weighted by Crippen LogP contribution is -1.83. The van der Waals surface area contributed by atoms with Crippen molar-refractivity contribution in [2.24, 2.45) is 0 Å². The van der Waals surface area contributed by atoms with Gasteiger partial charge in [0, 0.05) is 21.4 Å². The van der Waals surface area contributed by atoms with E-state index < -0.39 is 0 Å². The SMILES string of the molecule is COc1ccc(-c2csc(-c3nc(-c4ccc(C)cc4)c(C)s3)n2)cc1. The summed E-state index contributed by atoms with van der Waals surface area (Å²) >= 11 is 3.33. The standard InChI is InChI=1S/C21H18N2OS2/c1-13-4-6-16(7-5-13)19-14(2)26-21(23-19)20-22-18(12-25-20)15-8-10-17(24-3)11-9-15/h4-12H,1-3H3. The fraction of sp³-hybridized carbons (Fsp3) is 0.143.